The van der Waals surface area contributed by atoms with Gasteiger partial charge in [-0.3, -0.25) is 15.1 Å². The van der Waals surface area contributed by atoms with E-state index in [-0.39, 0.29) is 5.69 Å². The molecule has 0 aromatic heterocycles. The number of amides is 2. The minimum absolute atomic E-state index is 0.385. The third-order valence-electron chi connectivity index (χ3n) is 1.91. The fraction of sp³-hybridized carbons (Fsp3) is 0.125. The highest BCUT2D eigenvalue weighted by atomic mass is 19.1. The molecule has 1 aromatic carbocycles. The van der Waals surface area contributed by atoms with Crippen LogP contribution in [0.25, 0.3) is 0 Å². The van der Waals surface area contributed by atoms with E-state index in [1.807, 2.05) is 0 Å². The lowest BCUT2D eigenvalue weighted by Crippen LogP contribution is -2.48. The highest BCUT2D eigenvalue weighted by molar-refractivity contribution is 5.90. The van der Waals surface area contributed by atoms with E-state index < -0.39 is 22.5 Å². The molecular weight excluding hydrogens is 233 g/mol. The Morgan fingerprint density at radius 3 is 2.53 bits per heavy atom. The largest absolute Gasteiger partial charge is 0.352 e. The Balaban J connectivity index is 3.16. The molecule has 0 atom stereocenters. The van der Waals surface area contributed by atoms with Gasteiger partial charge in [-0.15, -0.1) is 0 Å². The van der Waals surface area contributed by atoms with Gasteiger partial charge in [-0.1, -0.05) is 0 Å². The van der Waals surface area contributed by atoms with E-state index in [1.165, 1.54) is 7.05 Å². The standard InChI is InChI=1S/C8H10FN5O3/c1-12(10)8(15)13(11)7-4-5(14(16)17)2-3-6(7)9/h2-4H,10-11H2,1H3. The number of nitrogens with zero attached hydrogens (tertiary/aromatic N) is 3. The number of nitro benzene ring substituents is 1. The van der Waals surface area contributed by atoms with Crippen molar-refractivity contribution in [2.45, 2.75) is 0 Å². The van der Waals surface area contributed by atoms with Gasteiger partial charge < -0.3 is 0 Å². The van der Waals surface area contributed by atoms with Gasteiger partial charge in [0.05, 0.1) is 4.92 Å². The van der Waals surface area contributed by atoms with Crippen LogP contribution in [0.5, 0.6) is 0 Å². The molecule has 0 spiro atoms. The van der Waals surface area contributed by atoms with E-state index in [0.717, 1.165) is 18.2 Å². The van der Waals surface area contributed by atoms with Gasteiger partial charge in [-0.2, -0.15) is 0 Å². The molecule has 0 unspecified atom stereocenters. The van der Waals surface area contributed by atoms with Crippen molar-refractivity contribution in [3.8, 4) is 0 Å². The molecule has 0 radical (unpaired) electrons. The molecule has 0 aliphatic heterocycles. The zero-order chi connectivity index (χ0) is 13.2. The van der Waals surface area contributed by atoms with Crippen molar-refractivity contribution in [3.05, 3.63) is 34.1 Å². The van der Waals surface area contributed by atoms with E-state index in [1.54, 1.807) is 0 Å². The number of benzene rings is 1. The quantitative estimate of drug-likeness (QED) is 0.336. The van der Waals surface area contributed by atoms with Crippen molar-refractivity contribution in [2.75, 3.05) is 12.1 Å². The summed E-state index contributed by atoms with van der Waals surface area (Å²) in [6.07, 6.45) is 0. The number of nitro groups is 1. The first kappa shape index (κ1) is 12.8. The number of halogens is 1. The number of hydrogen-bond donors (Lipinski definition) is 2. The molecular formula is C8H10FN5O3. The zero-order valence-corrected chi connectivity index (χ0v) is 8.83. The number of hydrazine groups is 2. The molecule has 0 heterocycles. The molecule has 9 heteroatoms. The summed E-state index contributed by atoms with van der Waals surface area (Å²) in [7, 11) is 1.21. The number of urea groups is 1. The Labute approximate surface area is 95.3 Å². The van der Waals surface area contributed by atoms with E-state index in [0.29, 0.717) is 10.0 Å². The Morgan fingerprint density at radius 2 is 2.06 bits per heavy atom. The topological polar surface area (TPSA) is 119 Å². The van der Waals surface area contributed by atoms with Crippen LogP contribution in [-0.4, -0.2) is 23.0 Å². The number of carbonyl (C=O) groups excluding carboxylic acids is 1. The Bertz CT molecular complexity index is 464. The van der Waals surface area contributed by atoms with Gasteiger partial charge in [-0.05, 0) is 6.07 Å². The Morgan fingerprint density at radius 1 is 1.47 bits per heavy atom. The van der Waals surface area contributed by atoms with Gasteiger partial charge in [0.2, 0.25) is 0 Å². The second-order valence-electron chi connectivity index (χ2n) is 3.16. The first-order valence-electron chi connectivity index (χ1n) is 4.35. The molecule has 4 N–H and O–H groups in total. The number of hydrogen-bond acceptors (Lipinski definition) is 5. The van der Waals surface area contributed by atoms with Gasteiger partial charge in [-0.25, -0.2) is 25.9 Å². The monoisotopic (exact) mass is 243 g/mol. The van der Waals surface area contributed by atoms with Crippen molar-refractivity contribution in [1.29, 1.82) is 0 Å². The van der Waals surface area contributed by atoms with Gasteiger partial charge in [0.1, 0.15) is 11.5 Å². The zero-order valence-electron chi connectivity index (χ0n) is 8.83. The Hall–Kier alpha value is -2.26. The predicted molar refractivity (Wildman–Crippen MR) is 57.1 cm³/mol. The van der Waals surface area contributed by atoms with Crippen LogP contribution in [-0.2, 0) is 0 Å². The van der Waals surface area contributed by atoms with Gasteiger partial charge in [0.25, 0.3) is 5.69 Å². The summed E-state index contributed by atoms with van der Waals surface area (Å²) >= 11 is 0. The summed E-state index contributed by atoms with van der Waals surface area (Å²) in [5.74, 6) is 9.57. The molecule has 0 saturated carbocycles. The van der Waals surface area contributed by atoms with Crippen LogP contribution in [0, 0.1) is 15.9 Å². The summed E-state index contributed by atoms with van der Waals surface area (Å²) < 4.78 is 13.4. The molecule has 1 rings (SSSR count). The van der Waals surface area contributed by atoms with Crippen LogP contribution < -0.4 is 16.7 Å². The molecule has 92 valence electrons. The van der Waals surface area contributed by atoms with E-state index in [4.69, 9.17) is 11.7 Å². The molecule has 0 aliphatic rings. The molecule has 0 bridgehead atoms. The first-order chi connectivity index (χ1) is 7.84. The number of non-ortho nitro benzene ring substituents is 1. The lowest BCUT2D eigenvalue weighted by Gasteiger charge is -2.20. The van der Waals surface area contributed by atoms with E-state index >= 15 is 0 Å². The van der Waals surface area contributed by atoms with Crippen molar-refractivity contribution in [3.63, 3.8) is 0 Å². The number of anilines is 1. The van der Waals surface area contributed by atoms with Crippen LogP contribution in [0.1, 0.15) is 0 Å². The smallest absolute Gasteiger partial charge is 0.264 e. The second kappa shape index (κ2) is 4.72. The lowest BCUT2D eigenvalue weighted by atomic mass is 10.2. The van der Waals surface area contributed by atoms with Crippen LogP contribution in [0.15, 0.2) is 18.2 Å². The summed E-state index contributed by atoms with van der Waals surface area (Å²) in [6, 6.07) is 1.74. The van der Waals surface area contributed by atoms with Crippen molar-refractivity contribution >= 4 is 17.4 Å². The fourth-order valence-electron chi connectivity index (χ4n) is 1.07. The number of rotatable bonds is 2. The first-order valence-corrected chi connectivity index (χ1v) is 4.35. The van der Waals surface area contributed by atoms with Gasteiger partial charge >= 0.3 is 6.03 Å². The molecule has 0 saturated heterocycles. The fourth-order valence-corrected chi connectivity index (χ4v) is 1.07. The highest BCUT2D eigenvalue weighted by Crippen LogP contribution is 2.23. The average molecular weight is 243 g/mol. The predicted octanol–water partition coefficient (Wildman–Crippen LogP) is 0.340. The van der Waals surface area contributed by atoms with Crippen LogP contribution in [0.3, 0.4) is 0 Å². The van der Waals surface area contributed by atoms with Gasteiger partial charge in [0, 0.05) is 19.2 Å². The molecule has 0 fully saturated rings. The van der Waals surface area contributed by atoms with E-state index in [2.05, 4.69) is 0 Å². The van der Waals surface area contributed by atoms with Crippen molar-refractivity contribution in [1.82, 2.24) is 5.01 Å². The third-order valence-corrected chi connectivity index (χ3v) is 1.91. The van der Waals surface area contributed by atoms with Crippen LogP contribution >= 0.6 is 0 Å². The molecule has 8 nitrogen and oxygen atoms in total. The Kier molecular flexibility index (Phi) is 3.55. The summed E-state index contributed by atoms with van der Waals surface area (Å²) in [6.45, 7) is 0. The summed E-state index contributed by atoms with van der Waals surface area (Å²) in [5, 5.41) is 11.5. The van der Waals surface area contributed by atoms with Gasteiger partial charge in [0.15, 0.2) is 0 Å². The van der Waals surface area contributed by atoms with Crippen molar-refractivity contribution < 1.29 is 14.1 Å². The molecule has 17 heavy (non-hydrogen) atoms. The van der Waals surface area contributed by atoms with Crippen molar-refractivity contribution in [2.24, 2.45) is 11.7 Å². The number of nitrogens with two attached hydrogens (primary N) is 2. The highest BCUT2D eigenvalue weighted by Gasteiger charge is 2.20. The SMILES string of the molecule is CN(N)C(=O)N(N)c1cc([N+](=O)[O-])ccc1F. The minimum Gasteiger partial charge on any atom is -0.264 e. The summed E-state index contributed by atoms with van der Waals surface area (Å²) in [4.78, 5) is 21.1. The average Bonchev–Trinajstić information content (AvgIpc) is 2.27. The van der Waals surface area contributed by atoms with Crippen LogP contribution in [0.4, 0.5) is 20.6 Å². The minimum atomic E-state index is -0.913. The lowest BCUT2D eigenvalue weighted by molar-refractivity contribution is -0.384. The molecule has 1 aromatic rings. The number of carbonyl (C=O) groups is 1. The molecule has 0 aliphatic carbocycles. The maximum Gasteiger partial charge on any atom is 0.352 e. The summed E-state index contributed by atoms with van der Waals surface area (Å²) in [5.41, 5.74) is -0.814. The van der Waals surface area contributed by atoms with Crippen LogP contribution in [0.2, 0.25) is 0 Å². The maximum atomic E-state index is 13.4. The maximum absolute atomic E-state index is 13.4. The normalized spacial score (nSPS) is 9.88. The third kappa shape index (κ3) is 2.65. The second-order valence-corrected chi connectivity index (χ2v) is 3.16. The van der Waals surface area contributed by atoms with E-state index in [9.17, 15) is 19.3 Å². The molecule has 2 amide bonds.